The van der Waals surface area contributed by atoms with Crippen molar-refractivity contribution in [1.82, 2.24) is 0 Å². The van der Waals surface area contributed by atoms with Gasteiger partial charge in [0.2, 0.25) is 0 Å². The van der Waals surface area contributed by atoms with Gasteiger partial charge in [0.25, 0.3) is 0 Å². The average molecular weight is 232 g/mol. The summed E-state index contributed by atoms with van der Waals surface area (Å²) in [5.41, 5.74) is -1.39. The summed E-state index contributed by atoms with van der Waals surface area (Å²) in [6, 6.07) is 0. The molecule has 0 amide bonds. The first-order chi connectivity index (χ1) is 6.63. The van der Waals surface area contributed by atoms with Crippen LogP contribution in [0.1, 0.15) is 13.8 Å². The van der Waals surface area contributed by atoms with Crippen molar-refractivity contribution in [2.45, 2.75) is 25.9 Å². The molecule has 0 saturated heterocycles. The number of halogens is 5. The van der Waals surface area contributed by atoms with Crippen LogP contribution >= 0.6 is 0 Å². The number of alkyl halides is 5. The monoisotopic (exact) mass is 232 g/mol. The van der Waals surface area contributed by atoms with E-state index in [4.69, 9.17) is 0 Å². The van der Waals surface area contributed by atoms with Gasteiger partial charge in [0.1, 0.15) is 0 Å². The quantitative estimate of drug-likeness (QED) is 0.425. The highest BCUT2D eigenvalue weighted by Gasteiger charge is 2.58. The number of hydrogen-bond acceptors (Lipinski definition) is 2. The second-order valence-corrected chi connectivity index (χ2v) is 2.65. The van der Waals surface area contributed by atoms with E-state index in [1.807, 2.05) is 0 Å². The molecule has 2 nitrogen and oxygen atoms in total. The fourth-order valence-electron chi connectivity index (χ4n) is 0.675. The maximum Gasteiger partial charge on any atom is 0.457 e. The fourth-order valence-corrected chi connectivity index (χ4v) is 0.675. The van der Waals surface area contributed by atoms with Gasteiger partial charge in [0, 0.05) is 11.6 Å². The summed E-state index contributed by atoms with van der Waals surface area (Å²) < 4.78 is 64.6. The minimum Gasteiger partial charge on any atom is -0.463 e. The fraction of sp³-hybridized carbons (Fsp3) is 0.625. The van der Waals surface area contributed by atoms with Crippen LogP contribution in [0.2, 0.25) is 0 Å². The summed E-state index contributed by atoms with van der Waals surface area (Å²) in [5, 5.41) is 0. The molecule has 0 N–H and O–H groups in total. The third-order valence-corrected chi connectivity index (χ3v) is 1.47. The van der Waals surface area contributed by atoms with Gasteiger partial charge in [-0.2, -0.15) is 22.0 Å². The van der Waals surface area contributed by atoms with Crippen molar-refractivity contribution in [3.63, 3.8) is 0 Å². The standard InChI is InChI=1S/C8H9F5O2/c1-3-15-6(14)4-5(2)7(9,10)8(11,12)13/h4H,3H2,1-2H3. The van der Waals surface area contributed by atoms with Gasteiger partial charge >= 0.3 is 18.1 Å². The lowest BCUT2D eigenvalue weighted by Gasteiger charge is -2.19. The number of allylic oxidation sites excluding steroid dienone is 1. The molecule has 0 aromatic rings. The predicted molar refractivity (Wildman–Crippen MR) is 41.4 cm³/mol. The van der Waals surface area contributed by atoms with Crippen molar-refractivity contribution in [2.75, 3.05) is 6.61 Å². The van der Waals surface area contributed by atoms with Gasteiger partial charge in [0.05, 0.1) is 6.61 Å². The molecule has 0 aromatic heterocycles. The molecule has 0 heterocycles. The van der Waals surface area contributed by atoms with E-state index >= 15 is 0 Å². The Morgan fingerprint density at radius 2 is 1.73 bits per heavy atom. The van der Waals surface area contributed by atoms with Crippen LogP contribution in [-0.2, 0) is 9.53 Å². The van der Waals surface area contributed by atoms with Gasteiger partial charge in [0.15, 0.2) is 0 Å². The Morgan fingerprint density at radius 3 is 2.07 bits per heavy atom. The molecule has 0 fully saturated rings. The van der Waals surface area contributed by atoms with Crippen LogP contribution < -0.4 is 0 Å². The Kier molecular flexibility index (Phi) is 4.24. The molecule has 0 radical (unpaired) electrons. The Balaban J connectivity index is 4.84. The van der Waals surface area contributed by atoms with Crippen LogP contribution in [0.25, 0.3) is 0 Å². The first kappa shape index (κ1) is 13.9. The summed E-state index contributed by atoms with van der Waals surface area (Å²) in [5.74, 6) is -6.24. The first-order valence-electron chi connectivity index (χ1n) is 3.93. The van der Waals surface area contributed by atoms with Crippen molar-refractivity contribution in [1.29, 1.82) is 0 Å². The number of carbonyl (C=O) groups excluding carboxylic acids is 1. The molecular formula is C8H9F5O2. The summed E-state index contributed by atoms with van der Waals surface area (Å²) in [6.07, 6.45) is -5.57. The van der Waals surface area contributed by atoms with Crippen molar-refractivity contribution in [3.05, 3.63) is 11.6 Å². The molecule has 0 bridgehead atoms. The average Bonchev–Trinajstić information content (AvgIpc) is 2.02. The first-order valence-corrected chi connectivity index (χ1v) is 3.93. The number of ether oxygens (including phenoxy) is 1. The molecule has 15 heavy (non-hydrogen) atoms. The normalized spacial score (nSPS) is 13.9. The molecule has 0 spiro atoms. The van der Waals surface area contributed by atoms with Crippen LogP contribution in [0.3, 0.4) is 0 Å². The lowest BCUT2D eigenvalue weighted by Crippen LogP contribution is -2.37. The second kappa shape index (κ2) is 4.59. The van der Waals surface area contributed by atoms with E-state index < -0.39 is 23.6 Å². The number of carbonyl (C=O) groups is 1. The van der Waals surface area contributed by atoms with E-state index in [0.29, 0.717) is 6.92 Å². The van der Waals surface area contributed by atoms with Gasteiger partial charge < -0.3 is 4.74 Å². The summed E-state index contributed by atoms with van der Waals surface area (Å²) in [4.78, 5) is 10.6. The van der Waals surface area contributed by atoms with E-state index in [1.165, 1.54) is 6.92 Å². The zero-order valence-corrected chi connectivity index (χ0v) is 7.99. The minimum atomic E-state index is -5.71. The molecule has 0 aromatic carbocycles. The van der Waals surface area contributed by atoms with Crippen LogP contribution in [0.5, 0.6) is 0 Å². The molecular weight excluding hydrogens is 223 g/mol. The van der Waals surface area contributed by atoms with Gasteiger partial charge in [-0.05, 0) is 13.8 Å². The zero-order valence-electron chi connectivity index (χ0n) is 7.99. The SMILES string of the molecule is CCOC(=O)C=C(C)C(F)(F)C(F)(F)F. The molecule has 0 atom stereocenters. The Bertz CT molecular complexity index is 267. The largest absolute Gasteiger partial charge is 0.463 e. The van der Waals surface area contributed by atoms with Crippen LogP contribution in [0.4, 0.5) is 22.0 Å². The smallest absolute Gasteiger partial charge is 0.457 e. The van der Waals surface area contributed by atoms with E-state index in [-0.39, 0.29) is 12.7 Å². The number of rotatable bonds is 3. The highest BCUT2D eigenvalue weighted by Crippen LogP contribution is 2.40. The summed E-state index contributed by atoms with van der Waals surface area (Å²) >= 11 is 0. The van der Waals surface area contributed by atoms with Crippen molar-refractivity contribution in [2.24, 2.45) is 0 Å². The highest BCUT2D eigenvalue weighted by atomic mass is 19.4. The van der Waals surface area contributed by atoms with Gasteiger partial charge in [-0.1, -0.05) is 0 Å². The predicted octanol–water partition coefficient (Wildman–Crippen LogP) is 2.69. The highest BCUT2D eigenvalue weighted by molar-refractivity contribution is 5.83. The molecule has 88 valence electrons. The molecule has 0 aliphatic carbocycles. The van der Waals surface area contributed by atoms with E-state index in [0.717, 1.165) is 0 Å². The van der Waals surface area contributed by atoms with Crippen LogP contribution in [-0.4, -0.2) is 24.7 Å². The van der Waals surface area contributed by atoms with Crippen LogP contribution in [0.15, 0.2) is 11.6 Å². The molecule has 0 rings (SSSR count). The van der Waals surface area contributed by atoms with Gasteiger partial charge in [-0.15, -0.1) is 0 Å². The summed E-state index contributed by atoms with van der Waals surface area (Å²) in [6.45, 7) is 1.83. The Morgan fingerprint density at radius 1 is 1.27 bits per heavy atom. The maximum atomic E-state index is 12.5. The van der Waals surface area contributed by atoms with E-state index in [1.54, 1.807) is 0 Å². The molecule has 0 aliphatic rings. The van der Waals surface area contributed by atoms with Crippen molar-refractivity contribution >= 4 is 5.97 Å². The van der Waals surface area contributed by atoms with E-state index in [9.17, 15) is 26.7 Å². The van der Waals surface area contributed by atoms with Crippen molar-refractivity contribution < 1.29 is 31.5 Å². The molecule has 0 unspecified atom stereocenters. The van der Waals surface area contributed by atoms with Gasteiger partial charge in [-0.25, -0.2) is 4.79 Å². The number of hydrogen-bond donors (Lipinski definition) is 0. The Labute approximate surface area is 82.7 Å². The maximum absolute atomic E-state index is 12.5. The molecule has 0 aliphatic heterocycles. The van der Waals surface area contributed by atoms with Crippen LogP contribution in [0, 0.1) is 0 Å². The Hall–Kier alpha value is -1.14. The third-order valence-electron chi connectivity index (χ3n) is 1.47. The zero-order chi connectivity index (χ0) is 12.3. The van der Waals surface area contributed by atoms with Gasteiger partial charge in [-0.3, -0.25) is 0 Å². The van der Waals surface area contributed by atoms with Crippen molar-refractivity contribution in [3.8, 4) is 0 Å². The third kappa shape index (κ3) is 3.49. The van der Waals surface area contributed by atoms with E-state index in [2.05, 4.69) is 4.74 Å². The lowest BCUT2D eigenvalue weighted by molar-refractivity contribution is -0.264. The lowest BCUT2D eigenvalue weighted by atomic mass is 10.1. The topological polar surface area (TPSA) is 26.3 Å². The number of esters is 1. The second-order valence-electron chi connectivity index (χ2n) is 2.65. The molecule has 0 saturated carbocycles. The summed E-state index contributed by atoms with van der Waals surface area (Å²) in [7, 11) is 0. The minimum absolute atomic E-state index is 0.0970. The molecule has 7 heteroatoms.